The van der Waals surface area contributed by atoms with Crippen molar-refractivity contribution >= 4 is 28.2 Å². The van der Waals surface area contributed by atoms with E-state index in [1.165, 1.54) is 5.56 Å². The van der Waals surface area contributed by atoms with E-state index in [9.17, 15) is 0 Å². The molecule has 2 aromatic rings. The number of nitrogens with zero attached hydrogens (tertiary/aromatic N) is 1. The average molecular weight is 294 g/mol. The molecule has 1 aromatic carbocycles. The zero-order valence-corrected chi connectivity index (χ0v) is 12.4. The molecular formula is C15H15Cl2N2+. The summed E-state index contributed by atoms with van der Waals surface area (Å²) < 4.78 is 2.01. The number of hydrogen-bond donors (Lipinski definition) is 1. The number of benzene rings is 1. The van der Waals surface area contributed by atoms with Crippen molar-refractivity contribution in [3.63, 3.8) is 0 Å². The first-order valence-electron chi connectivity index (χ1n) is 6.30. The predicted molar refractivity (Wildman–Crippen MR) is 79.3 cm³/mol. The molecule has 1 N–H and O–H groups in total. The Morgan fingerprint density at radius 2 is 2.11 bits per heavy atom. The van der Waals surface area contributed by atoms with E-state index in [0.29, 0.717) is 5.92 Å². The van der Waals surface area contributed by atoms with E-state index in [1.807, 2.05) is 30.1 Å². The van der Waals surface area contributed by atoms with Crippen molar-refractivity contribution in [1.29, 1.82) is 0 Å². The summed E-state index contributed by atoms with van der Waals surface area (Å²) in [4.78, 5) is 3.31. The summed E-state index contributed by atoms with van der Waals surface area (Å²) in [6, 6.07) is 6.07. The Balaban J connectivity index is 2.34. The molecule has 1 atom stereocenters. The van der Waals surface area contributed by atoms with Gasteiger partial charge < -0.3 is 0 Å². The van der Waals surface area contributed by atoms with Crippen molar-refractivity contribution < 1.29 is 4.57 Å². The lowest BCUT2D eigenvalue weighted by molar-refractivity contribution is -0.671. The molecule has 3 rings (SSSR count). The van der Waals surface area contributed by atoms with Crippen LogP contribution >= 0.6 is 23.2 Å². The highest BCUT2D eigenvalue weighted by atomic mass is 35.5. The highest BCUT2D eigenvalue weighted by Gasteiger charge is 2.26. The number of aromatic nitrogens is 2. The van der Waals surface area contributed by atoms with Gasteiger partial charge in [-0.25, -0.2) is 9.55 Å². The van der Waals surface area contributed by atoms with E-state index in [1.54, 1.807) is 0 Å². The lowest BCUT2D eigenvalue weighted by atomic mass is 9.89. The van der Waals surface area contributed by atoms with Crippen molar-refractivity contribution in [2.24, 2.45) is 7.05 Å². The molecular weight excluding hydrogens is 279 g/mol. The quantitative estimate of drug-likeness (QED) is 0.701. The molecule has 0 amide bonds. The Kier molecular flexibility index (Phi) is 3.15. The van der Waals surface area contributed by atoms with Gasteiger partial charge in [-0.05, 0) is 30.0 Å². The van der Waals surface area contributed by atoms with Crippen LogP contribution in [0.1, 0.15) is 30.5 Å². The number of allylic oxidation sites excluding steroid dienone is 1. The van der Waals surface area contributed by atoms with E-state index < -0.39 is 0 Å². The SMILES string of the molecule is CC1CC=C(Cl)c2c([nH]c[n+]2C)-c2cc(Cl)ccc21. The van der Waals surface area contributed by atoms with Gasteiger partial charge >= 0.3 is 0 Å². The Morgan fingerprint density at radius 1 is 1.32 bits per heavy atom. The number of imidazole rings is 1. The minimum atomic E-state index is 0.419. The van der Waals surface area contributed by atoms with E-state index in [0.717, 1.165) is 33.4 Å². The number of halogens is 2. The Labute approximate surface area is 122 Å². The second-order valence-corrected chi connectivity index (χ2v) is 5.87. The molecule has 2 nitrogen and oxygen atoms in total. The maximum Gasteiger partial charge on any atom is 0.242 e. The highest BCUT2D eigenvalue weighted by molar-refractivity contribution is 6.48. The number of aromatic amines is 1. The van der Waals surface area contributed by atoms with E-state index in [2.05, 4.69) is 24.1 Å². The molecule has 0 radical (unpaired) electrons. The van der Waals surface area contributed by atoms with Gasteiger partial charge in [-0.1, -0.05) is 42.3 Å². The van der Waals surface area contributed by atoms with Gasteiger partial charge in [0.15, 0.2) is 11.4 Å². The maximum atomic E-state index is 6.43. The molecule has 1 heterocycles. The van der Waals surface area contributed by atoms with Crippen molar-refractivity contribution in [3.8, 4) is 11.3 Å². The van der Waals surface area contributed by atoms with Crippen LogP contribution in [-0.2, 0) is 7.05 Å². The molecule has 0 bridgehead atoms. The molecule has 98 valence electrons. The van der Waals surface area contributed by atoms with Crippen LogP contribution < -0.4 is 4.57 Å². The number of H-pyrrole nitrogens is 1. The molecule has 0 spiro atoms. The number of aryl methyl sites for hydroxylation is 1. The second kappa shape index (κ2) is 4.69. The number of hydrogen-bond acceptors (Lipinski definition) is 0. The van der Waals surface area contributed by atoms with Crippen molar-refractivity contribution in [1.82, 2.24) is 4.98 Å². The topological polar surface area (TPSA) is 19.7 Å². The van der Waals surface area contributed by atoms with Crippen LogP contribution in [0.3, 0.4) is 0 Å². The molecule has 0 saturated carbocycles. The first kappa shape index (κ1) is 12.8. The van der Waals surface area contributed by atoms with Crippen molar-refractivity contribution in [2.45, 2.75) is 19.3 Å². The predicted octanol–water partition coefficient (Wildman–Crippen LogP) is 4.25. The van der Waals surface area contributed by atoms with Crippen molar-refractivity contribution in [3.05, 3.63) is 46.9 Å². The highest BCUT2D eigenvalue weighted by Crippen LogP contribution is 2.38. The Morgan fingerprint density at radius 3 is 2.89 bits per heavy atom. The third kappa shape index (κ3) is 2.09. The Hall–Kier alpha value is -1.25. The molecule has 1 aromatic heterocycles. The zero-order valence-electron chi connectivity index (χ0n) is 10.9. The van der Waals surface area contributed by atoms with E-state index >= 15 is 0 Å². The minimum absolute atomic E-state index is 0.419. The summed E-state index contributed by atoms with van der Waals surface area (Å²) in [6.07, 6.45) is 4.94. The van der Waals surface area contributed by atoms with Gasteiger partial charge in [-0.15, -0.1) is 0 Å². The molecule has 0 fully saturated rings. The van der Waals surface area contributed by atoms with Gasteiger partial charge in [0.2, 0.25) is 6.33 Å². The monoisotopic (exact) mass is 293 g/mol. The number of fused-ring (bicyclic) bond motifs is 3. The van der Waals surface area contributed by atoms with Crippen LogP contribution in [0, 0.1) is 0 Å². The molecule has 19 heavy (non-hydrogen) atoms. The molecule has 1 aliphatic rings. The fourth-order valence-electron chi connectivity index (χ4n) is 2.64. The van der Waals surface area contributed by atoms with Crippen LogP contribution in [-0.4, -0.2) is 4.98 Å². The number of nitrogens with one attached hydrogen (secondary N) is 1. The summed E-state index contributed by atoms with van der Waals surface area (Å²) in [5.74, 6) is 0.419. The second-order valence-electron chi connectivity index (χ2n) is 5.03. The molecule has 0 saturated heterocycles. The van der Waals surface area contributed by atoms with E-state index in [4.69, 9.17) is 23.2 Å². The molecule has 0 aliphatic heterocycles. The summed E-state index contributed by atoms with van der Waals surface area (Å²) in [7, 11) is 1.99. The third-order valence-electron chi connectivity index (χ3n) is 3.68. The summed E-state index contributed by atoms with van der Waals surface area (Å²) in [5, 5.41) is 1.53. The first-order chi connectivity index (χ1) is 9.08. The molecule has 4 heteroatoms. The van der Waals surface area contributed by atoms with Crippen LogP contribution in [0.2, 0.25) is 5.02 Å². The standard InChI is InChI=1S/C15H14Cl2N2/c1-9-3-6-13(17)15-14(18-8-19(15)2)12-7-10(16)4-5-11(9)12/h4-9H,3H2,1-2H3/p+1. The lowest BCUT2D eigenvalue weighted by Gasteiger charge is -2.16. The smallest absolute Gasteiger partial charge is 0.242 e. The summed E-state index contributed by atoms with van der Waals surface area (Å²) in [6.45, 7) is 2.21. The van der Waals surface area contributed by atoms with Gasteiger partial charge in [0.1, 0.15) is 0 Å². The first-order valence-corrected chi connectivity index (χ1v) is 7.06. The van der Waals surface area contributed by atoms with Gasteiger partial charge in [0.05, 0.1) is 12.1 Å². The third-order valence-corrected chi connectivity index (χ3v) is 4.25. The zero-order chi connectivity index (χ0) is 13.6. The molecule has 1 unspecified atom stereocenters. The van der Waals surface area contributed by atoms with Crippen LogP contribution in [0.4, 0.5) is 0 Å². The molecule has 1 aliphatic carbocycles. The minimum Gasteiger partial charge on any atom is -0.243 e. The largest absolute Gasteiger partial charge is 0.243 e. The summed E-state index contributed by atoms with van der Waals surface area (Å²) in [5.41, 5.74) is 4.49. The summed E-state index contributed by atoms with van der Waals surface area (Å²) >= 11 is 12.6. The van der Waals surface area contributed by atoms with E-state index in [-0.39, 0.29) is 0 Å². The van der Waals surface area contributed by atoms with Gasteiger partial charge in [-0.3, -0.25) is 0 Å². The van der Waals surface area contributed by atoms with Gasteiger partial charge in [0, 0.05) is 10.6 Å². The maximum absolute atomic E-state index is 6.43. The number of rotatable bonds is 0. The van der Waals surface area contributed by atoms with Crippen molar-refractivity contribution in [2.75, 3.05) is 0 Å². The normalized spacial score (nSPS) is 18.1. The average Bonchev–Trinajstić information content (AvgIpc) is 2.76. The lowest BCUT2D eigenvalue weighted by Crippen LogP contribution is -2.29. The Bertz CT molecular complexity index is 671. The van der Waals surface area contributed by atoms with Crippen LogP contribution in [0.25, 0.3) is 16.3 Å². The van der Waals surface area contributed by atoms with Gasteiger partial charge in [-0.2, -0.15) is 0 Å². The van der Waals surface area contributed by atoms with Crippen LogP contribution in [0.5, 0.6) is 0 Å². The van der Waals surface area contributed by atoms with Crippen LogP contribution in [0.15, 0.2) is 30.6 Å². The van der Waals surface area contributed by atoms with Gasteiger partial charge in [0.25, 0.3) is 0 Å². The fourth-order valence-corrected chi connectivity index (χ4v) is 3.13. The fraction of sp³-hybridized carbons (Fsp3) is 0.267.